The van der Waals surface area contributed by atoms with Crippen LogP contribution in [0.5, 0.6) is 5.75 Å². The quantitative estimate of drug-likeness (QED) is 0.917. The van der Waals surface area contributed by atoms with Crippen molar-refractivity contribution >= 4 is 9.84 Å². The standard InChI is InChI=1S/C17H16FNO3S/c18-11-2-1-3-12(8-11)23(20,21)13-4-5-16-15(9-13)14-6-7-19-10-17(14)22-16/h1-5,8-9,14,17,19H,6-7,10H2. The van der Waals surface area contributed by atoms with E-state index in [4.69, 9.17) is 4.74 Å². The first-order valence-corrected chi connectivity index (χ1v) is 9.06. The second-order valence-electron chi connectivity index (χ2n) is 5.92. The fraction of sp³-hybridized carbons (Fsp3) is 0.294. The first-order chi connectivity index (χ1) is 11.1. The molecule has 2 atom stereocenters. The molecule has 0 bridgehead atoms. The minimum atomic E-state index is -3.73. The van der Waals surface area contributed by atoms with Crippen LogP contribution in [-0.4, -0.2) is 27.6 Å². The lowest BCUT2D eigenvalue weighted by molar-refractivity contribution is 0.177. The smallest absolute Gasteiger partial charge is 0.206 e. The fourth-order valence-corrected chi connectivity index (χ4v) is 4.66. The molecule has 4 nitrogen and oxygen atoms in total. The van der Waals surface area contributed by atoms with Crippen molar-refractivity contribution in [2.24, 2.45) is 0 Å². The zero-order valence-corrected chi connectivity index (χ0v) is 13.1. The third-order valence-corrected chi connectivity index (χ3v) is 6.25. The van der Waals surface area contributed by atoms with E-state index in [1.165, 1.54) is 24.3 Å². The van der Waals surface area contributed by atoms with E-state index in [0.717, 1.165) is 36.9 Å². The maximum Gasteiger partial charge on any atom is 0.206 e. The summed E-state index contributed by atoms with van der Waals surface area (Å²) < 4.78 is 44.7. The summed E-state index contributed by atoms with van der Waals surface area (Å²) in [7, 11) is -3.73. The van der Waals surface area contributed by atoms with Crippen LogP contribution in [0.1, 0.15) is 17.9 Å². The van der Waals surface area contributed by atoms with Crippen LogP contribution in [0.2, 0.25) is 0 Å². The lowest BCUT2D eigenvalue weighted by Crippen LogP contribution is -2.39. The van der Waals surface area contributed by atoms with Crippen molar-refractivity contribution in [2.45, 2.75) is 28.2 Å². The normalized spacial score (nSPS) is 23.0. The summed E-state index contributed by atoms with van der Waals surface area (Å²) in [6.07, 6.45) is 0.979. The van der Waals surface area contributed by atoms with E-state index >= 15 is 0 Å². The van der Waals surface area contributed by atoms with Gasteiger partial charge in [-0.25, -0.2) is 12.8 Å². The van der Waals surface area contributed by atoms with Crippen molar-refractivity contribution in [3.8, 4) is 5.75 Å². The van der Waals surface area contributed by atoms with E-state index in [9.17, 15) is 12.8 Å². The largest absolute Gasteiger partial charge is 0.488 e. The molecule has 2 heterocycles. The molecule has 2 unspecified atom stereocenters. The molecule has 0 aromatic heterocycles. The Labute approximate surface area is 134 Å². The van der Waals surface area contributed by atoms with Crippen LogP contribution in [0.15, 0.2) is 52.3 Å². The highest BCUT2D eigenvalue weighted by atomic mass is 32.2. The van der Waals surface area contributed by atoms with Gasteiger partial charge in [-0.05, 0) is 49.4 Å². The summed E-state index contributed by atoms with van der Waals surface area (Å²) in [6, 6.07) is 10.0. The number of piperidine rings is 1. The molecular formula is C17H16FNO3S. The molecule has 1 fully saturated rings. The molecule has 1 N–H and O–H groups in total. The van der Waals surface area contributed by atoms with Crippen molar-refractivity contribution in [1.29, 1.82) is 0 Å². The molecule has 2 aliphatic rings. The Hall–Kier alpha value is -1.92. The third-order valence-electron chi connectivity index (χ3n) is 4.50. The number of nitrogens with one attached hydrogen (secondary N) is 1. The van der Waals surface area contributed by atoms with E-state index in [-0.39, 0.29) is 21.8 Å². The summed E-state index contributed by atoms with van der Waals surface area (Å²) in [5.41, 5.74) is 0.939. The average molecular weight is 333 g/mol. The van der Waals surface area contributed by atoms with E-state index in [1.54, 1.807) is 12.1 Å². The van der Waals surface area contributed by atoms with Gasteiger partial charge in [0, 0.05) is 18.0 Å². The first-order valence-electron chi connectivity index (χ1n) is 7.58. The molecule has 120 valence electrons. The second-order valence-corrected chi connectivity index (χ2v) is 7.87. The van der Waals surface area contributed by atoms with Crippen molar-refractivity contribution in [3.63, 3.8) is 0 Å². The Morgan fingerprint density at radius 1 is 1.13 bits per heavy atom. The zero-order valence-electron chi connectivity index (χ0n) is 12.3. The maximum absolute atomic E-state index is 13.4. The number of hydrogen-bond donors (Lipinski definition) is 1. The predicted octanol–water partition coefficient (Wildman–Crippen LogP) is 2.50. The van der Waals surface area contributed by atoms with E-state index in [2.05, 4.69) is 5.32 Å². The summed E-state index contributed by atoms with van der Waals surface area (Å²) in [5, 5.41) is 3.28. The summed E-state index contributed by atoms with van der Waals surface area (Å²) in [4.78, 5) is 0.155. The van der Waals surface area contributed by atoms with Crippen LogP contribution >= 0.6 is 0 Å². The van der Waals surface area contributed by atoms with Crippen LogP contribution in [0.25, 0.3) is 0 Å². The molecule has 2 aromatic carbocycles. The molecule has 2 aromatic rings. The van der Waals surface area contributed by atoms with Crippen molar-refractivity contribution < 1.29 is 17.5 Å². The Morgan fingerprint density at radius 2 is 1.96 bits per heavy atom. The SMILES string of the molecule is O=S(=O)(c1cccc(F)c1)c1ccc2c(c1)C1CCNCC1O2. The highest BCUT2D eigenvalue weighted by molar-refractivity contribution is 7.91. The monoisotopic (exact) mass is 333 g/mol. The van der Waals surface area contributed by atoms with Crippen molar-refractivity contribution in [1.82, 2.24) is 5.32 Å². The van der Waals surface area contributed by atoms with Gasteiger partial charge in [-0.2, -0.15) is 0 Å². The molecule has 0 spiro atoms. The first kappa shape index (κ1) is 14.7. The van der Waals surface area contributed by atoms with Crippen LogP contribution in [0.3, 0.4) is 0 Å². The van der Waals surface area contributed by atoms with Crippen LogP contribution in [0, 0.1) is 5.82 Å². The van der Waals surface area contributed by atoms with Crippen molar-refractivity contribution in [2.75, 3.05) is 13.1 Å². The number of sulfone groups is 1. The Bertz CT molecular complexity index is 866. The lowest BCUT2D eigenvalue weighted by Gasteiger charge is -2.24. The van der Waals surface area contributed by atoms with Gasteiger partial charge < -0.3 is 10.1 Å². The van der Waals surface area contributed by atoms with Gasteiger partial charge in [-0.1, -0.05) is 6.07 Å². The maximum atomic E-state index is 13.4. The lowest BCUT2D eigenvalue weighted by atomic mass is 9.90. The molecule has 1 saturated heterocycles. The average Bonchev–Trinajstić information content (AvgIpc) is 2.92. The highest BCUT2D eigenvalue weighted by Gasteiger charge is 2.37. The molecule has 0 saturated carbocycles. The number of hydrogen-bond acceptors (Lipinski definition) is 4. The topological polar surface area (TPSA) is 55.4 Å². The predicted molar refractivity (Wildman–Crippen MR) is 82.9 cm³/mol. The van der Waals surface area contributed by atoms with Gasteiger partial charge in [-0.3, -0.25) is 0 Å². The summed E-state index contributed by atoms with van der Waals surface area (Å²) in [6.45, 7) is 1.66. The van der Waals surface area contributed by atoms with Gasteiger partial charge in [0.25, 0.3) is 0 Å². The highest BCUT2D eigenvalue weighted by Crippen LogP contribution is 2.42. The number of halogens is 1. The number of rotatable bonds is 2. The minimum absolute atomic E-state index is 0.0294. The molecule has 23 heavy (non-hydrogen) atoms. The van der Waals surface area contributed by atoms with Gasteiger partial charge in [0.2, 0.25) is 9.84 Å². The number of benzene rings is 2. The summed E-state index contributed by atoms with van der Waals surface area (Å²) >= 11 is 0. The number of ether oxygens (including phenoxy) is 1. The van der Waals surface area contributed by atoms with E-state index in [1.807, 2.05) is 0 Å². The minimum Gasteiger partial charge on any atom is -0.488 e. The molecule has 2 aliphatic heterocycles. The summed E-state index contributed by atoms with van der Waals surface area (Å²) in [5.74, 6) is 0.407. The van der Waals surface area contributed by atoms with Gasteiger partial charge >= 0.3 is 0 Å². The van der Waals surface area contributed by atoms with Crippen LogP contribution in [0.4, 0.5) is 4.39 Å². The second kappa shape index (κ2) is 5.32. The van der Waals surface area contributed by atoms with Gasteiger partial charge in [0.05, 0.1) is 9.79 Å². The molecule has 0 amide bonds. The molecule has 0 aliphatic carbocycles. The van der Waals surface area contributed by atoms with E-state index < -0.39 is 15.7 Å². The van der Waals surface area contributed by atoms with Gasteiger partial charge in [0.1, 0.15) is 17.7 Å². The van der Waals surface area contributed by atoms with Crippen molar-refractivity contribution in [3.05, 3.63) is 53.8 Å². The van der Waals surface area contributed by atoms with Gasteiger partial charge in [-0.15, -0.1) is 0 Å². The van der Waals surface area contributed by atoms with E-state index in [0.29, 0.717) is 0 Å². The number of fused-ring (bicyclic) bond motifs is 3. The molecule has 4 rings (SSSR count). The fourth-order valence-electron chi connectivity index (χ4n) is 3.33. The zero-order chi connectivity index (χ0) is 16.0. The third kappa shape index (κ3) is 2.42. The Balaban J connectivity index is 1.77. The van der Waals surface area contributed by atoms with Crippen LogP contribution < -0.4 is 10.1 Å². The molecule has 0 radical (unpaired) electrons. The van der Waals surface area contributed by atoms with Crippen LogP contribution in [-0.2, 0) is 9.84 Å². The Morgan fingerprint density at radius 3 is 2.78 bits per heavy atom. The molecular weight excluding hydrogens is 317 g/mol. The van der Waals surface area contributed by atoms with Gasteiger partial charge in [0.15, 0.2) is 0 Å². The molecule has 6 heteroatoms. The Kier molecular flexibility index (Phi) is 3.39.